The van der Waals surface area contributed by atoms with E-state index in [9.17, 15) is 0 Å². The van der Waals surface area contributed by atoms with E-state index < -0.39 is 0 Å². The van der Waals surface area contributed by atoms with Crippen molar-refractivity contribution in [2.45, 2.75) is 33.6 Å². The van der Waals surface area contributed by atoms with E-state index >= 15 is 0 Å². The molecule has 0 spiro atoms. The van der Waals surface area contributed by atoms with Crippen molar-refractivity contribution in [2.75, 3.05) is 13.1 Å². The first-order valence-corrected chi connectivity index (χ1v) is 8.19. The summed E-state index contributed by atoms with van der Waals surface area (Å²) in [6.45, 7) is 8.98. The minimum Gasteiger partial charge on any atom is -0.316 e. The summed E-state index contributed by atoms with van der Waals surface area (Å²) in [5, 5.41) is 6.15. The summed E-state index contributed by atoms with van der Waals surface area (Å²) < 4.78 is 1.18. The number of fused-ring (bicyclic) bond motifs is 1. The fourth-order valence-corrected chi connectivity index (χ4v) is 3.05. The quantitative estimate of drug-likeness (QED) is 0.768. The highest BCUT2D eigenvalue weighted by Crippen LogP contribution is 2.30. The molecule has 0 atom stereocenters. The lowest BCUT2D eigenvalue weighted by Gasteiger charge is -2.25. The SMILES string of the molecule is CCNCC(C)(C)CCc1ccc(Br)c2ccccc12. The normalized spacial score (nSPS) is 12.0. The van der Waals surface area contributed by atoms with E-state index in [0.29, 0.717) is 5.41 Å². The number of rotatable bonds is 6. The number of halogens is 1. The van der Waals surface area contributed by atoms with Crippen LogP contribution in [0.4, 0.5) is 0 Å². The van der Waals surface area contributed by atoms with Gasteiger partial charge in [0, 0.05) is 11.0 Å². The topological polar surface area (TPSA) is 12.0 Å². The molecule has 1 nitrogen and oxygen atoms in total. The highest BCUT2D eigenvalue weighted by molar-refractivity contribution is 9.10. The number of aryl methyl sites for hydroxylation is 1. The Labute approximate surface area is 130 Å². The van der Waals surface area contributed by atoms with Crippen LogP contribution in [-0.2, 0) is 6.42 Å². The molecule has 2 aromatic carbocycles. The smallest absolute Gasteiger partial charge is 0.0253 e. The summed E-state index contributed by atoms with van der Waals surface area (Å²) >= 11 is 3.65. The first-order chi connectivity index (χ1) is 9.53. The van der Waals surface area contributed by atoms with Crippen LogP contribution in [0.15, 0.2) is 40.9 Å². The molecule has 0 aliphatic heterocycles. The summed E-state index contributed by atoms with van der Waals surface area (Å²) in [5.41, 5.74) is 1.79. The predicted molar refractivity (Wildman–Crippen MR) is 92.3 cm³/mol. The summed E-state index contributed by atoms with van der Waals surface area (Å²) in [5.74, 6) is 0. The third-order valence-electron chi connectivity index (χ3n) is 3.89. The minimum absolute atomic E-state index is 0.337. The summed E-state index contributed by atoms with van der Waals surface area (Å²) in [6.07, 6.45) is 2.33. The molecule has 0 aliphatic rings. The summed E-state index contributed by atoms with van der Waals surface area (Å²) in [6, 6.07) is 13.1. The number of nitrogens with one attached hydrogen (secondary N) is 1. The molecule has 0 bridgehead atoms. The molecule has 0 aromatic heterocycles. The van der Waals surface area contributed by atoms with Crippen molar-refractivity contribution in [3.8, 4) is 0 Å². The molecular weight excluding hydrogens is 310 g/mol. The molecule has 2 heteroatoms. The maximum atomic E-state index is 3.65. The lowest BCUT2D eigenvalue weighted by Crippen LogP contribution is -2.29. The standard InChI is InChI=1S/C18H24BrN/c1-4-20-13-18(2,3)12-11-14-9-10-17(19)16-8-6-5-7-15(14)16/h5-10,20H,4,11-13H2,1-3H3. The fraction of sp³-hybridized carbons (Fsp3) is 0.444. The van der Waals surface area contributed by atoms with Crippen molar-refractivity contribution < 1.29 is 0 Å². The highest BCUT2D eigenvalue weighted by atomic mass is 79.9. The minimum atomic E-state index is 0.337. The third-order valence-corrected chi connectivity index (χ3v) is 4.58. The van der Waals surface area contributed by atoms with E-state index in [2.05, 4.69) is 78.4 Å². The van der Waals surface area contributed by atoms with Gasteiger partial charge in [0.25, 0.3) is 0 Å². The van der Waals surface area contributed by atoms with Gasteiger partial charge in [0.2, 0.25) is 0 Å². The first kappa shape index (κ1) is 15.5. The van der Waals surface area contributed by atoms with Crippen LogP contribution in [0.3, 0.4) is 0 Å². The Balaban J connectivity index is 2.16. The lowest BCUT2D eigenvalue weighted by molar-refractivity contribution is 0.318. The first-order valence-electron chi connectivity index (χ1n) is 7.40. The lowest BCUT2D eigenvalue weighted by atomic mass is 9.85. The number of hydrogen-bond acceptors (Lipinski definition) is 1. The van der Waals surface area contributed by atoms with Gasteiger partial charge in [-0.15, -0.1) is 0 Å². The van der Waals surface area contributed by atoms with Gasteiger partial charge in [-0.2, -0.15) is 0 Å². The van der Waals surface area contributed by atoms with Crippen LogP contribution in [-0.4, -0.2) is 13.1 Å². The Morgan fingerprint density at radius 3 is 2.45 bits per heavy atom. The van der Waals surface area contributed by atoms with Gasteiger partial charge in [0.05, 0.1) is 0 Å². The molecule has 1 N–H and O–H groups in total. The van der Waals surface area contributed by atoms with Crippen molar-refractivity contribution in [2.24, 2.45) is 5.41 Å². The Morgan fingerprint density at radius 2 is 1.75 bits per heavy atom. The monoisotopic (exact) mass is 333 g/mol. The molecule has 0 saturated carbocycles. The summed E-state index contributed by atoms with van der Waals surface area (Å²) in [4.78, 5) is 0. The number of benzene rings is 2. The van der Waals surface area contributed by atoms with Gasteiger partial charge >= 0.3 is 0 Å². The van der Waals surface area contributed by atoms with Crippen LogP contribution >= 0.6 is 15.9 Å². The van der Waals surface area contributed by atoms with Crippen molar-refractivity contribution in [3.05, 3.63) is 46.4 Å². The molecule has 2 rings (SSSR count). The van der Waals surface area contributed by atoms with E-state index in [0.717, 1.165) is 19.5 Å². The average Bonchev–Trinajstić information content (AvgIpc) is 2.45. The Morgan fingerprint density at radius 1 is 1.05 bits per heavy atom. The Bertz CT molecular complexity index is 575. The second-order valence-corrected chi connectivity index (χ2v) is 7.05. The highest BCUT2D eigenvalue weighted by Gasteiger charge is 2.17. The molecule has 0 heterocycles. The van der Waals surface area contributed by atoms with Gasteiger partial charge in [-0.05, 0) is 47.2 Å². The van der Waals surface area contributed by atoms with Gasteiger partial charge in [-0.1, -0.05) is 67.0 Å². The fourth-order valence-electron chi connectivity index (χ4n) is 2.57. The van der Waals surface area contributed by atoms with Crippen molar-refractivity contribution in [1.82, 2.24) is 5.32 Å². The second-order valence-electron chi connectivity index (χ2n) is 6.20. The molecular formula is C18H24BrN. The molecule has 108 valence electrons. The third kappa shape index (κ3) is 3.83. The van der Waals surface area contributed by atoms with E-state index in [4.69, 9.17) is 0 Å². The van der Waals surface area contributed by atoms with Gasteiger partial charge < -0.3 is 5.32 Å². The maximum absolute atomic E-state index is 3.65. The molecule has 2 aromatic rings. The molecule has 0 aliphatic carbocycles. The van der Waals surface area contributed by atoms with Crippen LogP contribution in [0.25, 0.3) is 10.8 Å². The van der Waals surface area contributed by atoms with E-state index in [1.165, 1.54) is 27.2 Å². The van der Waals surface area contributed by atoms with Crippen LogP contribution in [0.5, 0.6) is 0 Å². The van der Waals surface area contributed by atoms with Crippen LogP contribution < -0.4 is 5.32 Å². The maximum Gasteiger partial charge on any atom is 0.0253 e. The molecule has 0 radical (unpaired) electrons. The van der Waals surface area contributed by atoms with Crippen molar-refractivity contribution in [1.29, 1.82) is 0 Å². The Kier molecular flexibility index (Phi) is 5.22. The van der Waals surface area contributed by atoms with Crippen molar-refractivity contribution >= 4 is 26.7 Å². The summed E-state index contributed by atoms with van der Waals surface area (Å²) in [7, 11) is 0. The van der Waals surface area contributed by atoms with E-state index in [-0.39, 0.29) is 0 Å². The molecule has 20 heavy (non-hydrogen) atoms. The molecule has 0 unspecified atom stereocenters. The second kappa shape index (κ2) is 6.73. The molecule has 0 amide bonds. The van der Waals surface area contributed by atoms with Crippen LogP contribution in [0.1, 0.15) is 32.8 Å². The zero-order valence-corrected chi connectivity index (χ0v) is 14.3. The molecule has 0 fully saturated rings. The van der Waals surface area contributed by atoms with Crippen LogP contribution in [0.2, 0.25) is 0 Å². The van der Waals surface area contributed by atoms with Crippen molar-refractivity contribution in [3.63, 3.8) is 0 Å². The average molecular weight is 334 g/mol. The predicted octanol–water partition coefficient (Wildman–Crippen LogP) is 5.17. The zero-order valence-electron chi connectivity index (χ0n) is 12.7. The zero-order chi connectivity index (χ0) is 14.6. The van der Waals surface area contributed by atoms with Gasteiger partial charge in [0.15, 0.2) is 0 Å². The van der Waals surface area contributed by atoms with Gasteiger partial charge in [0.1, 0.15) is 0 Å². The van der Waals surface area contributed by atoms with Gasteiger partial charge in [-0.3, -0.25) is 0 Å². The molecule has 0 saturated heterocycles. The van der Waals surface area contributed by atoms with E-state index in [1.807, 2.05) is 0 Å². The van der Waals surface area contributed by atoms with E-state index in [1.54, 1.807) is 0 Å². The number of hydrogen-bond donors (Lipinski definition) is 1. The largest absolute Gasteiger partial charge is 0.316 e. The van der Waals surface area contributed by atoms with Crippen LogP contribution in [0, 0.1) is 5.41 Å². The Hall–Kier alpha value is -0.860. The van der Waals surface area contributed by atoms with Gasteiger partial charge in [-0.25, -0.2) is 0 Å².